The second kappa shape index (κ2) is 9.57. The Balaban J connectivity index is 1.23. The number of aromatic nitrogens is 1. The molecule has 1 aliphatic heterocycles. The largest absolute Gasteiger partial charge is 0.455 e. The lowest BCUT2D eigenvalue weighted by Crippen LogP contribution is -2.25. The summed E-state index contributed by atoms with van der Waals surface area (Å²) in [4.78, 5) is 5.62. The number of rotatable bonds is 2. The van der Waals surface area contributed by atoms with Crippen LogP contribution in [-0.4, -0.2) is 10.3 Å². The summed E-state index contributed by atoms with van der Waals surface area (Å²) in [6, 6.07) is 54.1. The van der Waals surface area contributed by atoms with E-state index in [1.54, 1.807) is 0 Å². The van der Waals surface area contributed by atoms with E-state index in [0.717, 1.165) is 60.9 Å². The molecule has 224 valence electrons. The van der Waals surface area contributed by atoms with E-state index < -0.39 is 0 Å². The molecule has 10 aromatic rings. The second-order valence-electron chi connectivity index (χ2n) is 12.7. The summed E-state index contributed by atoms with van der Waals surface area (Å²) in [6.07, 6.45) is -0.383. The standard InChI is InChI=1S/C44H27N3O/c1-4-13-29-26(10-1)21-24-36-40(29)41-30-14-5-2-11-27(30)22-25-37(41)47(36)44-45-35-18-8-7-16-32(35)42(46-44)33-17-9-19-38-39(33)34-23-20-28-12-3-6-15-31(28)43(34)48-38/h1-25,44-45H. The summed E-state index contributed by atoms with van der Waals surface area (Å²) in [5, 5.41) is 15.8. The molecule has 0 saturated heterocycles. The summed E-state index contributed by atoms with van der Waals surface area (Å²) in [7, 11) is 0. The minimum Gasteiger partial charge on any atom is -0.455 e. The highest BCUT2D eigenvalue weighted by Crippen LogP contribution is 2.43. The molecule has 4 heteroatoms. The minimum absolute atomic E-state index is 0.383. The molecule has 0 spiro atoms. The average Bonchev–Trinajstić information content (AvgIpc) is 3.71. The first kappa shape index (κ1) is 25.8. The smallest absolute Gasteiger partial charge is 0.201 e. The lowest BCUT2D eigenvalue weighted by atomic mass is 9.94. The number of nitrogens with zero attached hydrogens (tertiary/aromatic N) is 2. The van der Waals surface area contributed by atoms with Crippen molar-refractivity contribution in [3.63, 3.8) is 0 Å². The van der Waals surface area contributed by atoms with Crippen LogP contribution in [0.25, 0.3) is 76.1 Å². The first-order valence-corrected chi connectivity index (χ1v) is 16.4. The van der Waals surface area contributed by atoms with Crippen molar-refractivity contribution in [2.75, 3.05) is 5.32 Å². The molecule has 0 bridgehead atoms. The minimum atomic E-state index is -0.383. The number of para-hydroxylation sites is 1. The zero-order valence-electron chi connectivity index (χ0n) is 25.8. The van der Waals surface area contributed by atoms with E-state index in [1.165, 1.54) is 37.7 Å². The molecule has 48 heavy (non-hydrogen) atoms. The number of hydrogen-bond acceptors (Lipinski definition) is 3. The van der Waals surface area contributed by atoms with Crippen molar-refractivity contribution in [1.29, 1.82) is 0 Å². The van der Waals surface area contributed by atoms with Gasteiger partial charge in [0.1, 0.15) is 11.2 Å². The lowest BCUT2D eigenvalue weighted by Gasteiger charge is -2.28. The molecule has 1 aliphatic rings. The first-order chi connectivity index (χ1) is 23.8. The van der Waals surface area contributed by atoms with Crippen molar-refractivity contribution in [1.82, 2.24) is 4.57 Å². The fourth-order valence-electron chi connectivity index (χ4n) is 8.11. The number of hydrogen-bond donors (Lipinski definition) is 1. The van der Waals surface area contributed by atoms with Gasteiger partial charge in [0, 0.05) is 43.7 Å². The van der Waals surface area contributed by atoms with Crippen molar-refractivity contribution >= 4 is 87.5 Å². The van der Waals surface area contributed by atoms with Gasteiger partial charge in [-0.3, -0.25) is 0 Å². The van der Waals surface area contributed by atoms with Gasteiger partial charge >= 0.3 is 0 Å². The van der Waals surface area contributed by atoms with E-state index in [9.17, 15) is 0 Å². The first-order valence-electron chi connectivity index (χ1n) is 16.4. The van der Waals surface area contributed by atoms with Crippen LogP contribution >= 0.6 is 0 Å². The second-order valence-corrected chi connectivity index (χ2v) is 12.7. The number of benzene rings is 8. The normalized spacial score (nSPS) is 14.8. The Morgan fingerprint density at radius 3 is 1.79 bits per heavy atom. The lowest BCUT2D eigenvalue weighted by molar-refractivity contribution is 0.625. The van der Waals surface area contributed by atoms with Crippen LogP contribution in [0.1, 0.15) is 17.4 Å². The van der Waals surface area contributed by atoms with Crippen molar-refractivity contribution in [2.24, 2.45) is 4.99 Å². The molecule has 3 heterocycles. The molecule has 1 atom stereocenters. The van der Waals surface area contributed by atoms with E-state index in [1.807, 2.05) is 0 Å². The quantitative estimate of drug-likeness (QED) is 0.211. The van der Waals surface area contributed by atoms with E-state index in [4.69, 9.17) is 9.41 Å². The van der Waals surface area contributed by atoms with Gasteiger partial charge in [0.05, 0.1) is 16.7 Å². The topological polar surface area (TPSA) is 42.5 Å². The highest BCUT2D eigenvalue weighted by Gasteiger charge is 2.28. The molecule has 0 saturated carbocycles. The van der Waals surface area contributed by atoms with Crippen LogP contribution in [0.2, 0.25) is 0 Å². The van der Waals surface area contributed by atoms with Gasteiger partial charge in [0.2, 0.25) is 6.29 Å². The molecule has 0 radical (unpaired) electrons. The Bertz CT molecular complexity index is 2910. The summed E-state index contributed by atoms with van der Waals surface area (Å²) in [5.74, 6) is 0. The monoisotopic (exact) mass is 613 g/mol. The number of fused-ring (bicyclic) bond motifs is 13. The summed E-state index contributed by atoms with van der Waals surface area (Å²) in [6.45, 7) is 0. The van der Waals surface area contributed by atoms with Crippen LogP contribution in [-0.2, 0) is 0 Å². The SMILES string of the molecule is c1ccc2c(c1)NC(n1c3ccc4ccccc4c3c3c4ccccc4ccc31)N=C2c1cccc2oc3c4ccccc4ccc3c12. The maximum Gasteiger partial charge on any atom is 0.201 e. The van der Waals surface area contributed by atoms with Crippen molar-refractivity contribution < 1.29 is 4.42 Å². The van der Waals surface area contributed by atoms with E-state index >= 15 is 0 Å². The maximum absolute atomic E-state index is 6.61. The molecule has 0 fully saturated rings. The van der Waals surface area contributed by atoms with E-state index in [0.29, 0.717) is 0 Å². The van der Waals surface area contributed by atoms with E-state index in [2.05, 4.69) is 162 Å². The van der Waals surface area contributed by atoms with Crippen molar-refractivity contribution in [2.45, 2.75) is 6.29 Å². The van der Waals surface area contributed by atoms with Gasteiger partial charge in [-0.2, -0.15) is 0 Å². The molecule has 0 aliphatic carbocycles. The van der Waals surface area contributed by atoms with Crippen LogP contribution in [0.15, 0.2) is 161 Å². The number of furan rings is 1. The predicted molar refractivity (Wildman–Crippen MR) is 200 cm³/mol. The Morgan fingerprint density at radius 2 is 1.06 bits per heavy atom. The Kier molecular flexibility index (Phi) is 5.13. The van der Waals surface area contributed by atoms with Crippen LogP contribution < -0.4 is 5.32 Å². The number of aliphatic imine (C=N–C) groups is 1. The Morgan fingerprint density at radius 1 is 0.479 bits per heavy atom. The highest BCUT2D eigenvalue weighted by atomic mass is 16.3. The molecule has 4 nitrogen and oxygen atoms in total. The summed E-state index contributed by atoms with van der Waals surface area (Å²) >= 11 is 0. The van der Waals surface area contributed by atoms with Gasteiger partial charge in [-0.15, -0.1) is 0 Å². The summed E-state index contributed by atoms with van der Waals surface area (Å²) < 4.78 is 9.00. The van der Waals surface area contributed by atoms with Gasteiger partial charge in [-0.1, -0.05) is 121 Å². The van der Waals surface area contributed by atoms with Gasteiger partial charge in [-0.05, 0) is 57.3 Å². The third-order valence-electron chi connectivity index (χ3n) is 10.2. The maximum atomic E-state index is 6.61. The Hall–Kier alpha value is -6.39. The van der Waals surface area contributed by atoms with Crippen LogP contribution in [0.4, 0.5) is 5.69 Å². The van der Waals surface area contributed by atoms with Crippen LogP contribution in [0, 0.1) is 0 Å². The summed E-state index contributed by atoms with van der Waals surface area (Å²) in [5.41, 5.74) is 8.23. The van der Waals surface area contributed by atoms with Crippen LogP contribution in [0.3, 0.4) is 0 Å². The van der Waals surface area contributed by atoms with Gasteiger partial charge in [0.25, 0.3) is 0 Å². The molecule has 8 aromatic carbocycles. The number of nitrogens with one attached hydrogen (secondary N) is 1. The zero-order chi connectivity index (χ0) is 31.3. The molecule has 1 unspecified atom stereocenters. The highest BCUT2D eigenvalue weighted by molar-refractivity contribution is 6.29. The third-order valence-corrected chi connectivity index (χ3v) is 10.2. The fraction of sp³-hybridized carbons (Fsp3) is 0.0227. The molecule has 2 aromatic heterocycles. The molecule has 1 N–H and O–H groups in total. The Labute approximate surface area is 275 Å². The molecule has 11 rings (SSSR count). The average molecular weight is 614 g/mol. The molecular formula is C44H27N3O. The van der Waals surface area contributed by atoms with Gasteiger partial charge in [0.15, 0.2) is 0 Å². The van der Waals surface area contributed by atoms with Crippen molar-refractivity contribution in [3.8, 4) is 0 Å². The van der Waals surface area contributed by atoms with E-state index in [-0.39, 0.29) is 6.29 Å². The predicted octanol–water partition coefficient (Wildman–Crippen LogP) is 11.6. The number of anilines is 1. The fourth-order valence-corrected chi connectivity index (χ4v) is 8.11. The van der Waals surface area contributed by atoms with Crippen molar-refractivity contribution in [3.05, 3.63) is 163 Å². The van der Waals surface area contributed by atoms with Gasteiger partial charge in [-0.25, -0.2) is 4.99 Å². The molecular weight excluding hydrogens is 587 g/mol. The van der Waals surface area contributed by atoms with Gasteiger partial charge < -0.3 is 14.3 Å². The third kappa shape index (κ3) is 3.46. The van der Waals surface area contributed by atoms with Crippen LogP contribution in [0.5, 0.6) is 0 Å². The molecule has 0 amide bonds. The zero-order valence-corrected chi connectivity index (χ0v) is 25.8.